The molecule has 1 atom stereocenters. The van der Waals surface area contributed by atoms with Crippen molar-refractivity contribution in [3.8, 4) is 0 Å². The normalized spacial score (nSPS) is 12.0. The van der Waals surface area contributed by atoms with Gasteiger partial charge in [-0.15, -0.1) is 0 Å². The Labute approximate surface area is 107 Å². The average Bonchev–Trinajstić information content (AvgIpc) is 2.36. The van der Waals surface area contributed by atoms with Gasteiger partial charge >= 0.3 is 5.97 Å². The number of anilines is 1. The number of rotatable bonds is 6. The average molecular weight is 252 g/mol. The molecule has 0 saturated carbocycles. The third kappa shape index (κ3) is 3.96. The summed E-state index contributed by atoms with van der Waals surface area (Å²) in [5.74, 6) is 0.0799. The van der Waals surface area contributed by atoms with Gasteiger partial charge in [0.15, 0.2) is 0 Å². The van der Waals surface area contributed by atoms with Gasteiger partial charge in [0.1, 0.15) is 0 Å². The number of aromatic nitrogens is 2. The van der Waals surface area contributed by atoms with Crippen LogP contribution in [0.2, 0.25) is 0 Å². The lowest BCUT2D eigenvalue weighted by molar-refractivity contribution is 0.0524. The molecular formula is C12H20N4O2. The first kappa shape index (κ1) is 14.4. The molecule has 0 aliphatic rings. The molecule has 0 aliphatic heterocycles. The predicted octanol–water partition coefficient (Wildman–Crippen LogP) is 1.11. The van der Waals surface area contributed by atoms with E-state index in [4.69, 9.17) is 10.5 Å². The number of carbonyl (C=O) groups excluding carboxylic acids is 1. The molecule has 0 saturated heterocycles. The molecule has 0 amide bonds. The summed E-state index contributed by atoms with van der Waals surface area (Å²) in [4.78, 5) is 19.8. The summed E-state index contributed by atoms with van der Waals surface area (Å²) < 4.78 is 4.90. The van der Waals surface area contributed by atoms with Gasteiger partial charge in [0.25, 0.3) is 0 Å². The molecule has 1 heterocycles. The molecule has 0 fully saturated rings. The van der Waals surface area contributed by atoms with Gasteiger partial charge in [-0.05, 0) is 20.3 Å². The molecule has 1 aromatic rings. The second-order valence-corrected chi connectivity index (χ2v) is 3.96. The van der Waals surface area contributed by atoms with E-state index in [2.05, 4.69) is 15.3 Å². The van der Waals surface area contributed by atoms with E-state index in [1.54, 1.807) is 13.8 Å². The van der Waals surface area contributed by atoms with E-state index in [0.717, 1.165) is 6.42 Å². The maximum atomic E-state index is 11.5. The summed E-state index contributed by atoms with van der Waals surface area (Å²) in [7, 11) is 0. The lowest BCUT2D eigenvalue weighted by Gasteiger charge is -2.11. The van der Waals surface area contributed by atoms with Gasteiger partial charge in [-0.2, -0.15) is 0 Å². The molecule has 6 heteroatoms. The van der Waals surface area contributed by atoms with Crippen LogP contribution in [0.25, 0.3) is 0 Å². The largest absolute Gasteiger partial charge is 0.462 e. The van der Waals surface area contributed by atoms with Crippen molar-refractivity contribution in [3.63, 3.8) is 0 Å². The maximum absolute atomic E-state index is 11.5. The molecule has 1 aromatic heterocycles. The van der Waals surface area contributed by atoms with E-state index in [1.807, 2.05) is 6.92 Å². The lowest BCUT2D eigenvalue weighted by atomic mass is 10.2. The number of esters is 1. The van der Waals surface area contributed by atoms with Crippen LogP contribution in [0, 0.1) is 6.92 Å². The van der Waals surface area contributed by atoms with Crippen molar-refractivity contribution in [2.24, 2.45) is 5.73 Å². The SMILES string of the molecule is CCOC(=O)c1cnc(NCC(N)CC)nc1C. The zero-order valence-corrected chi connectivity index (χ0v) is 11.1. The Morgan fingerprint density at radius 1 is 1.56 bits per heavy atom. The minimum absolute atomic E-state index is 0.0682. The molecule has 0 aliphatic carbocycles. The molecule has 100 valence electrons. The summed E-state index contributed by atoms with van der Waals surface area (Å²) in [5.41, 5.74) is 6.77. The summed E-state index contributed by atoms with van der Waals surface area (Å²) >= 11 is 0. The standard InChI is InChI=1S/C12H20N4O2/c1-4-9(13)6-14-12-15-7-10(8(3)16-12)11(17)18-5-2/h7,9H,4-6,13H2,1-3H3,(H,14,15,16). The molecule has 0 bridgehead atoms. The Balaban J connectivity index is 2.70. The van der Waals surface area contributed by atoms with E-state index in [1.165, 1.54) is 6.20 Å². The fourth-order valence-electron chi connectivity index (χ4n) is 1.33. The van der Waals surface area contributed by atoms with Crippen molar-refractivity contribution >= 4 is 11.9 Å². The summed E-state index contributed by atoms with van der Waals surface area (Å²) in [6.07, 6.45) is 2.35. The van der Waals surface area contributed by atoms with Gasteiger partial charge < -0.3 is 15.8 Å². The molecular weight excluding hydrogens is 232 g/mol. The van der Waals surface area contributed by atoms with E-state index >= 15 is 0 Å². The molecule has 1 rings (SSSR count). The molecule has 1 unspecified atom stereocenters. The van der Waals surface area contributed by atoms with Crippen LogP contribution in [0.4, 0.5) is 5.95 Å². The van der Waals surface area contributed by atoms with Gasteiger partial charge in [0, 0.05) is 18.8 Å². The number of nitrogens with zero attached hydrogens (tertiary/aromatic N) is 2. The Morgan fingerprint density at radius 2 is 2.28 bits per heavy atom. The third-order valence-electron chi connectivity index (χ3n) is 2.52. The van der Waals surface area contributed by atoms with Crippen molar-refractivity contribution in [3.05, 3.63) is 17.5 Å². The highest BCUT2D eigenvalue weighted by Gasteiger charge is 2.12. The first-order valence-electron chi connectivity index (χ1n) is 6.08. The number of aryl methyl sites for hydroxylation is 1. The second kappa shape index (κ2) is 6.90. The van der Waals surface area contributed by atoms with E-state index < -0.39 is 5.97 Å². The Bertz CT molecular complexity index is 409. The van der Waals surface area contributed by atoms with Crippen LogP contribution in [0.3, 0.4) is 0 Å². The van der Waals surface area contributed by atoms with Crippen molar-refractivity contribution < 1.29 is 9.53 Å². The van der Waals surface area contributed by atoms with Crippen LogP contribution < -0.4 is 11.1 Å². The van der Waals surface area contributed by atoms with Crippen molar-refractivity contribution in [2.45, 2.75) is 33.2 Å². The monoisotopic (exact) mass is 252 g/mol. The van der Waals surface area contributed by atoms with Crippen LogP contribution in [0.1, 0.15) is 36.3 Å². The molecule has 3 N–H and O–H groups in total. The van der Waals surface area contributed by atoms with Gasteiger partial charge in [0.05, 0.1) is 17.9 Å². The highest BCUT2D eigenvalue weighted by molar-refractivity contribution is 5.90. The van der Waals surface area contributed by atoms with Gasteiger partial charge in [0.2, 0.25) is 5.95 Å². The first-order valence-corrected chi connectivity index (χ1v) is 6.08. The van der Waals surface area contributed by atoms with Gasteiger partial charge in [-0.3, -0.25) is 0 Å². The van der Waals surface area contributed by atoms with Crippen LogP contribution >= 0.6 is 0 Å². The quantitative estimate of drug-likeness (QED) is 0.737. The molecule has 0 aromatic carbocycles. The van der Waals surface area contributed by atoms with Crippen LogP contribution in [0.15, 0.2) is 6.20 Å². The van der Waals surface area contributed by atoms with Crippen molar-refractivity contribution in [1.29, 1.82) is 0 Å². The predicted molar refractivity (Wildman–Crippen MR) is 69.5 cm³/mol. The number of hydrogen-bond donors (Lipinski definition) is 2. The van der Waals surface area contributed by atoms with Crippen molar-refractivity contribution in [1.82, 2.24) is 9.97 Å². The third-order valence-corrected chi connectivity index (χ3v) is 2.52. The number of nitrogens with one attached hydrogen (secondary N) is 1. The Morgan fingerprint density at radius 3 is 2.83 bits per heavy atom. The molecule has 6 nitrogen and oxygen atoms in total. The molecule has 0 radical (unpaired) electrons. The number of carbonyl (C=O) groups is 1. The van der Waals surface area contributed by atoms with Crippen LogP contribution in [0.5, 0.6) is 0 Å². The highest BCUT2D eigenvalue weighted by atomic mass is 16.5. The van der Waals surface area contributed by atoms with Crippen molar-refractivity contribution in [2.75, 3.05) is 18.5 Å². The fourth-order valence-corrected chi connectivity index (χ4v) is 1.33. The summed E-state index contributed by atoms with van der Waals surface area (Å²) in [6.45, 7) is 6.47. The minimum atomic E-state index is -0.396. The van der Waals surface area contributed by atoms with Gasteiger partial charge in [-0.25, -0.2) is 14.8 Å². The number of nitrogens with two attached hydrogens (primary N) is 1. The first-order chi connectivity index (χ1) is 8.58. The fraction of sp³-hybridized carbons (Fsp3) is 0.583. The molecule has 18 heavy (non-hydrogen) atoms. The Hall–Kier alpha value is -1.69. The highest BCUT2D eigenvalue weighted by Crippen LogP contribution is 2.08. The van der Waals surface area contributed by atoms with E-state index in [-0.39, 0.29) is 6.04 Å². The Kier molecular flexibility index (Phi) is 5.51. The topological polar surface area (TPSA) is 90.1 Å². The number of ether oxygens (including phenoxy) is 1. The zero-order chi connectivity index (χ0) is 13.5. The van der Waals surface area contributed by atoms with E-state index in [0.29, 0.717) is 30.4 Å². The molecule has 0 spiro atoms. The lowest BCUT2D eigenvalue weighted by Crippen LogP contribution is -2.28. The smallest absolute Gasteiger partial charge is 0.341 e. The second-order valence-electron chi connectivity index (χ2n) is 3.96. The summed E-state index contributed by atoms with van der Waals surface area (Å²) in [5, 5.41) is 3.03. The maximum Gasteiger partial charge on any atom is 0.341 e. The minimum Gasteiger partial charge on any atom is -0.462 e. The number of hydrogen-bond acceptors (Lipinski definition) is 6. The van der Waals surface area contributed by atoms with Crippen LogP contribution in [-0.2, 0) is 4.74 Å². The van der Waals surface area contributed by atoms with Crippen LogP contribution in [-0.4, -0.2) is 35.1 Å². The van der Waals surface area contributed by atoms with E-state index in [9.17, 15) is 4.79 Å². The summed E-state index contributed by atoms with van der Waals surface area (Å²) in [6, 6.07) is 0.0682. The van der Waals surface area contributed by atoms with Gasteiger partial charge in [-0.1, -0.05) is 6.92 Å². The zero-order valence-electron chi connectivity index (χ0n) is 11.1.